The Morgan fingerprint density at radius 1 is 0.810 bits per heavy atom. The Hall–Kier alpha value is -2.99. The summed E-state index contributed by atoms with van der Waals surface area (Å²) < 4.78 is 103. The van der Waals surface area contributed by atoms with Gasteiger partial charge < -0.3 is 13.9 Å². The number of hydrogen-bond acceptors (Lipinski definition) is 10. The topological polar surface area (TPSA) is 149 Å². The molecule has 0 aliphatic heterocycles. The second kappa shape index (κ2) is 15.5. The molecule has 4 aromatic rings. The number of aryl methyl sites for hydroxylation is 2. The molecule has 0 aliphatic rings. The molecule has 19 heteroatoms. The van der Waals surface area contributed by atoms with Gasteiger partial charge in [-0.1, -0.05) is 39.3 Å². The molecule has 2 aromatic heterocycles. The first-order valence-electron chi connectivity index (χ1n) is 10.4. The summed E-state index contributed by atoms with van der Waals surface area (Å²) in [5.41, 5.74) is -1.95. The van der Waals surface area contributed by atoms with E-state index in [-0.39, 0.29) is 51.1 Å². The number of aliphatic hydroxyl groups is 1. The zero-order chi connectivity index (χ0) is 31.1. The number of carbonyl (C=O) groups excluding carboxylic acids is 1. The summed E-state index contributed by atoms with van der Waals surface area (Å²) in [6.45, 7) is 3.00. The van der Waals surface area contributed by atoms with Crippen LogP contribution in [0.3, 0.4) is 0 Å². The van der Waals surface area contributed by atoms with E-state index in [2.05, 4.69) is 52.3 Å². The van der Waals surface area contributed by atoms with E-state index in [0.29, 0.717) is 0 Å². The van der Waals surface area contributed by atoms with Gasteiger partial charge in [-0.05, 0) is 42.0 Å². The molecular weight excluding hydrogens is 757 g/mol. The minimum absolute atomic E-state index is 0. The van der Waals surface area contributed by atoms with Crippen LogP contribution in [-0.2, 0) is 34.8 Å². The van der Waals surface area contributed by atoms with Crippen molar-refractivity contribution in [1.29, 1.82) is 0 Å². The summed E-state index contributed by atoms with van der Waals surface area (Å²) >= 11 is 4.47. The molecule has 0 fully saturated rings. The Morgan fingerprint density at radius 2 is 1.29 bits per heavy atom. The summed E-state index contributed by atoms with van der Waals surface area (Å²) in [5.74, 6) is -0.866. The Morgan fingerprint density at radius 3 is 1.74 bits per heavy atom. The van der Waals surface area contributed by atoms with Crippen LogP contribution in [0.25, 0.3) is 0 Å². The van der Waals surface area contributed by atoms with E-state index in [9.17, 15) is 36.2 Å². The first-order valence-corrected chi connectivity index (χ1v) is 13.0. The van der Waals surface area contributed by atoms with Crippen molar-refractivity contribution in [3.63, 3.8) is 0 Å². The van der Waals surface area contributed by atoms with Gasteiger partial charge in [0, 0.05) is 28.4 Å². The molecule has 42 heavy (non-hydrogen) atoms. The van der Waals surface area contributed by atoms with Gasteiger partial charge in [0.1, 0.15) is 0 Å². The number of rotatable bonds is 4. The monoisotopic (exact) mass is 773 g/mol. The molecule has 0 saturated carbocycles. The Balaban J connectivity index is 0.000000376. The van der Waals surface area contributed by atoms with E-state index in [0.717, 1.165) is 24.3 Å². The SMILES string of the molecule is C.Cc1nnc(C(=O)c2cc(Br)cc(C(F)(F)F)c2)o1.Cc1nnc(C(O)c2cc(Br)cc(C(F)(F)F)c2)o1.[O]=[Mn]=[O]. The number of nitrogens with zero attached hydrogens (tertiary/aromatic N) is 4. The van der Waals surface area contributed by atoms with Crippen LogP contribution in [0.2, 0.25) is 0 Å². The first kappa shape index (κ1) is 37.0. The molecule has 10 nitrogen and oxygen atoms in total. The summed E-state index contributed by atoms with van der Waals surface area (Å²) in [6, 6.07) is 6.02. The Bertz CT molecular complexity index is 1550. The normalized spacial score (nSPS) is 11.7. The maximum atomic E-state index is 12.7. The zero-order valence-electron chi connectivity index (χ0n) is 20.2. The number of carbonyl (C=O) groups is 1. The number of aromatic nitrogens is 4. The van der Waals surface area contributed by atoms with Crippen LogP contribution in [-0.4, -0.2) is 31.3 Å². The van der Waals surface area contributed by atoms with Crippen molar-refractivity contribution in [3.8, 4) is 0 Å². The van der Waals surface area contributed by atoms with E-state index in [1.165, 1.54) is 26.0 Å². The van der Waals surface area contributed by atoms with E-state index in [1.807, 2.05) is 0 Å². The van der Waals surface area contributed by atoms with E-state index < -0.39 is 50.2 Å². The summed E-state index contributed by atoms with van der Waals surface area (Å²) in [6.07, 6.45) is -10.4. The standard InChI is InChI=1S/C11H8BrF3N2O2.C11H6BrF3N2O2.CH4.Mn.2O/c2*1-5-16-17-10(19-5)9(18)6-2-7(11(13,14)15)4-8(12)3-6;;;;/h2-4,9,18H,1H3;2-4H,1H3;1H4;;;. The van der Waals surface area contributed by atoms with Gasteiger partial charge >= 0.3 is 34.8 Å². The molecule has 0 saturated heterocycles. The van der Waals surface area contributed by atoms with Gasteiger partial charge in [-0.15, -0.1) is 20.4 Å². The van der Waals surface area contributed by atoms with Crippen LogP contribution in [0.1, 0.15) is 64.1 Å². The molecule has 4 rings (SSSR count). The van der Waals surface area contributed by atoms with Crippen molar-refractivity contribution in [2.24, 2.45) is 0 Å². The van der Waals surface area contributed by atoms with Crippen LogP contribution in [0.5, 0.6) is 0 Å². The van der Waals surface area contributed by atoms with Gasteiger partial charge in [0.25, 0.3) is 5.89 Å². The molecule has 2 aromatic carbocycles. The quantitative estimate of drug-likeness (QED) is 0.130. The van der Waals surface area contributed by atoms with Crippen LogP contribution in [0, 0.1) is 13.8 Å². The van der Waals surface area contributed by atoms with Crippen LogP contribution < -0.4 is 0 Å². The van der Waals surface area contributed by atoms with Crippen molar-refractivity contribution in [1.82, 2.24) is 20.4 Å². The second-order valence-electron chi connectivity index (χ2n) is 7.58. The molecule has 0 radical (unpaired) electrons. The third-order valence-corrected chi connectivity index (χ3v) is 5.46. The van der Waals surface area contributed by atoms with E-state index in [4.69, 9.17) is 16.5 Å². The van der Waals surface area contributed by atoms with Crippen molar-refractivity contribution >= 4 is 37.6 Å². The molecule has 0 bridgehead atoms. The van der Waals surface area contributed by atoms with E-state index in [1.54, 1.807) is 0 Å². The van der Waals surface area contributed by atoms with Crippen LogP contribution in [0.15, 0.2) is 54.2 Å². The molecule has 229 valence electrons. The number of alkyl halides is 6. The fourth-order valence-electron chi connectivity index (χ4n) is 2.89. The average molecular weight is 775 g/mol. The average Bonchev–Trinajstić information content (AvgIpc) is 3.50. The Labute approximate surface area is 255 Å². The number of ketones is 1. The van der Waals surface area contributed by atoms with Crippen LogP contribution in [0.4, 0.5) is 26.3 Å². The Kier molecular flexibility index (Phi) is 13.6. The number of aliphatic hydroxyl groups excluding tert-OH is 1. The van der Waals surface area contributed by atoms with Gasteiger partial charge in [-0.25, -0.2) is 0 Å². The molecule has 1 N–H and O–H groups in total. The summed E-state index contributed by atoms with van der Waals surface area (Å²) in [7, 11) is 0. The molecule has 0 aliphatic carbocycles. The third kappa shape index (κ3) is 10.7. The van der Waals surface area contributed by atoms with E-state index >= 15 is 0 Å². The predicted octanol–water partition coefficient (Wildman–Crippen LogP) is 7.03. The minimum atomic E-state index is -4.54. The molecule has 1 unspecified atom stereocenters. The van der Waals surface area contributed by atoms with Crippen molar-refractivity contribution in [2.75, 3.05) is 0 Å². The zero-order valence-corrected chi connectivity index (χ0v) is 24.6. The van der Waals surface area contributed by atoms with Crippen molar-refractivity contribution < 1.29 is 67.6 Å². The van der Waals surface area contributed by atoms with Crippen molar-refractivity contribution in [2.45, 2.75) is 39.7 Å². The second-order valence-corrected chi connectivity index (χ2v) is 9.61. The van der Waals surface area contributed by atoms with Gasteiger partial charge in [0.2, 0.25) is 23.5 Å². The molecule has 0 amide bonds. The third-order valence-electron chi connectivity index (χ3n) is 4.55. The fourth-order valence-corrected chi connectivity index (χ4v) is 3.90. The number of benzene rings is 2. The van der Waals surface area contributed by atoms with Gasteiger partial charge in [-0.3, -0.25) is 4.79 Å². The molecule has 2 heterocycles. The molecular formula is C23H18Br2F6MnN4O6. The predicted molar refractivity (Wildman–Crippen MR) is 132 cm³/mol. The summed E-state index contributed by atoms with van der Waals surface area (Å²) in [5, 5.41) is 24.0. The van der Waals surface area contributed by atoms with Gasteiger partial charge in [-0.2, -0.15) is 26.3 Å². The molecule has 1 atom stereocenters. The first-order chi connectivity index (χ1) is 19.0. The van der Waals surface area contributed by atoms with Crippen LogP contribution >= 0.6 is 31.9 Å². The van der Waals surface area contributed by atoms with Gasteiger partial charge in [0.15, 0.2) is 6.10 Å². The van der Waals surface area contributed by atoms with Crippen molar-refractivity contribution in [3.05, 3.63) is 91.2 Å². The summed E-state index contributed by atoms with van der Waals surface area (Å²) in [4.78, 5) is 11.9. The maximum absolute atomic E-state index is 12.7. The molecule has 0 spiro atoms. The number of hydrogen-bond donors (Lipinski definition) is 1. The number of halogens is 8. The fraction of sp³-hybridized carbons (Fsp3) is 0.261. The van der Waals surface area contributed by atoms with Gasteiger partial charge in [0.05, 0.1) is 11.1 Å².